The lowest BCUT2D eigenvalue weighted by Crippen LogP contribution is -2.42. The van der Waals surface area contributed by atoms with Crippen molar-refractivity contribution in [2.24, 2.45) is 5.92 Å². The molecule has 0 aliphatic carbocycles. The van der Waals surface area contributed by atoms with Crippen molar-refractivity contribution in [1.29, 1.82) is 0 Å². The summed E-state index contributed by atoms with van der Waals surface area (Å²) >= 11 is 1.92. The number of aryl methyl sites for hydroxylation is 1. The number of benzene rings is 1. The Bertz CT molecular complexity index is 847. The zero-order chi connectivity index (χ0) is 20.2. The molecule has 1 saturated heterocycles. The molecular formula is C23H30N4OS. The second-order valence-corrected chi connectivity index (χ2v) is 9.23. The van der Waals surface area contributed by atoms with E-state index < -0.39 is 0 Å². The van der Waals surface area contributed by atoms with Crippen LogP contribution in [-0.4, -0.2) is 61.8 Å². The smallest absolute Gasteiger partial charge is 0.223 e. The van der Waals surface area contributed by atoms with Crippen LogP contribution in [0.3, 0.4) is 0 Å². The molecule has 1 N–H and O–H groups in total. The summed E-state index contributed by atoms with van der Waals surface area (Å²) in [6, 6.07) is 12.7. The molecule has 2 aromatic rings. The highest BCUT2D eigenvalue weighted by Crippen LogP contribution is 2.41. The van der Waals surface area contributed by atoms with Gasteiger partial charge in [-0.15, -0.1) is 11.8 Å². The van der Waals surface area contributed by atoms with Crippen molar-refractivity contribution in [2.75, 3.05) is 50.9 Å². The predicted octanol–water partition coefficient (Wildman–Crippen LogP) is 3.29. The van der Waals surface area contributed by atoms with Crippen molar-refractivity contribution in [3.63, 3.8) is 0 Å². The number of fused-ring (bicyclic) bond motifs is 1. The number of pyridine rings is 1. The number of thioether (sulfide) groups is 1. The first kappa shape index (κ1) is 20.2. The molecular weight excluding hydrogens is 380 g/mol. The van der Waals surface area contributed by atoms with Crippen LogP contribution in [0.25, 0.3) is 11.3 Å². The lowest BCUT2D eigenvalue weighted by molar-refractivity contribution is -0.125. The average Bonchev–Trinajstić information content (AvgIpc) is 3.22. The van der Waals surface area contributed by atoms with E-state index in [1.54, 1.807) is 0 Å². The second kappa shape index (κ2) is 9.18. The Kier molecular flexibility index (Phi) is 6.40. The third-order valence-electron chi connectivity index (χ3n) is 5.74. The van der Waals surface area contributed by atoms with Gasteiger partial charge in [-0.25, -0.2) is 0 Å². The van der Waals surface area contributed by atoms with Gasteiger partial charge < -0.3 is 15.1 Å². The van der Waals surface area contributed by atoms with Crippen molar-refractivity contribution in [3.05, 3.63) is 42.1 Å². The Morgan fingerprint density at radius 2 is 2.00 bits per heavy atom. The van der Waals surface area contributed by atoms with Gasteiger partial charge in [-0.3, -0.25) is 9.78 Å². The zero-order valence-electron chi connectivity index (χ0n) is 17.4. The van der Waals surface area contributed by atoms with Gasteiger partial charge in [-0.2, -0.15) is 0 Å². The Morgan fingerprint density at radius 1 is 1.24 bits per heavy atom. The monoisotopic (exact) mass is 410 g/mol. The number of nitrogens with zero attached hydrogens (tertiary/aromatic N) is 3. The highest BCUT2D eigenvalue weighted by atomic mass is 32.2. The maximum Gasteiger partial charge on any atom is 0.223 e. The summed E-state index contributed by atoms with van der Waals surface area (Å²) in [6.45, 7) is 3.46. The number of aromatic nitrogens is 1. The number of hydrogen-bond donors (Lipinski definition) is 1. The lowest BCUT2D eigenvalue weighted by Gasteiger charge is -2.34. The van der Waals surface area contributed by atoms with Gasteiger partial charge in [0.2, 0.25) is 5.91 Å². The first-order chi connectivity index (χ1) is 14.1. The van der Waals surface area contributed by atoms with Crippen molar-refractivity contribution < 1.29 is 4.79 Å². The number of piperidine rings is 1. The Labute approximate surface area is 177 Å². The summed E-state index contributed by atoms with van der Waals surface area (Å²) in [7, 11) is 4.05. The van der Waals surface area contributed by atoms with Gasteiger partial charge in [0.05, 0.1) is 22.0 Å². The molecule has 0 unspecified atom stereocenters. The van der Waals surface area contributed by atoms with Crippen LogP contribution in [0.2, 0.25) is 0 Å². The number of hydrogen-bond acceptors (Lipinski definition) is 5. The molecule has 1 aromatic heterocycles. The standard InChI is InChI=1S/C23H30N4OS/c1-26(2)14-11-24-23(28)18-8-12-27(13-9-18)21-16-20(17-6-4-3-5-7-17)25-19-10-15-29-22(19)21/h3-7,16,18H,8-15H2,1-2H3,(H,24,28). The Hall–Kier alpha value is -2.05. The summed E-state index contributed by atoms with van der Waals surface area (Å²) in [6.07, 6.45) is 2.87. The van der Waals surface area contributed by atoms with Crippen LogP contribution in [0.4, 0.5) is 5.69 Å². The minimum atomic E-state index is 0.129. The van der Waals surface area contributed by atoms with E-state index in [1.807, 2.05) is 31.9 Å². The van der Waals surface area contributed by atoms with E-state index in [0.29, 0.717) is 0 Å². The van der Waals surface area contributed by atoms with Crippen LogP contribution in [0.1, 0.15) is 18.5 Å². The van der Waals surface area contributed by atoms with Crippen molar-refractivity contribution in [2.45, 2.75) is 24.2 Å². The third-order valence-corrected chi connectivity index (χ3v) is 6.88. The topological polar surface area (TPSA) is 48.5 Å². The van der Waals surface area contributed by atoms with E-state index in [4.69, 9.17) is 4.98 Å². The van der Waals surface area contributed by atoms with Crippen LogP contribution >= 0.6 is 11.8 Å². The van der Waals surface area contributed by atoms with Crippen LogP contribution < -0.4 is 10.2 Å². The molecule has 0 radical (unpaired) electrons. The summed E-state index contributed by atoms with van der Waals surface area (Å²) < 4.78 is 0. The van der Waals surface area contributed by atoms with E-state index in [0.717, 1.165) is 56.9 Å². The maximum atomic E-state index is 12.5. The van der Waals surface area contributed by atoms with Crippen molar-refractivity contribution in [1.82, 2.24) is 15.2 Å². The molecule has 2 aliphatic rings. The predicted molar refractivity (Wildman–Crippen MR) is 121 cm³/mol. The van der Waals surface area contributed by atoms with Crippen LogP contribution in [0, 0.1) is 5.92 Å². The van der Waals surface area contributed by atoms with Crippen molar-refractivity contribution in [3.8, 4) is 11.3 Å². The number of carbonyl (C=O) groups excluding carboxylic acids is 1. The normalized spacial score (nSPS) is 16.9. The fourth-order valence-corrected chi connectivity index (χ4v) is 5.22. The van der Waals surface area contributed by atoms with E-state index in [2.05, 4.69) is 45.4 Å². The molecule has 5 nitrogen and oxygen atoms in total. The zero-order valence-corrected chi connectivity index (χ0v) is 18.2. The molecule has 1 amide bonds. The minimum absolute atomic E-state index is 0.129. The maximum absolute atomic E-state index is 12.5. The molecule has 0 saturated carbocycles. The fraction of sp³-hybridized carbons (Fsp3) is 0.478. The number of anilines is 1. The summed E-state index contributed by atoms with van der Waals surface area (Å²) in [5.41, 5.74) is 4.77. The lowest BCUT2D eigenvalue weighted by atomic mass is 9.95. The van der Waals surface area contributed by atoms with Crippen LogP contribution in [0.5, 0.6) is 0 Å². The molecule has 0 atom stereocenters. The molecule has 3 heterocycles. The molecule has 0 bridgehead atoms. The second-order valence-electron chi connectivity index (χ2n) is 8.12. The molecule has 2 aliphatic heterocycles. The van der Waals surface area contributed by atoms with Gasteiger partial charge in [-0.05, 0) is 33.0 Å². The van der Waals surface area contributed by atoms with Gasteiger partial charge in [-0.1, -0.05) is 30.3 Å². The molecule has 4 rings (SSSR count). The number of nitrogens with one attached hydrogen (secondary N) is 1. The minimum Gasteiger partial charge on any atom is -0.370 e. The van der Waals surface area contributed by atoms with Crippen molar-refractivity contribution >= 4 is 23.4 Å². The highest BCUT2D eigenvalue weighted by Gasteiger charge is 2.28. The van der Waals surface area contributed by atoms with Gasteiger partial charge in [0.15, 0.2) is 0 Å². The molecule has 1 aromatic carbocycles. The van der Waals surface area contributed by atoms with E-state index in [9.17, 15) is 4.79 Å². The Morgan fingerprint density at radius 3 is 2.72 bits per heavy atom. The number of carbonyl (C=O) groups is 1. The first-order valence-corrected chi connectivity index (χ1v) is 11.5. The molecule has 154 valence electrons. The SMILES string of the molecule is CN(C)CCNC(=O)C1CCN(c2cc(-c3ccccc3)nc3c2SCC3)CC1. The largest absolute Gasteiger partial charge is 0.370 e. The van der Waals surface area contributed by atoms with E-state index >= 15 is 0 Å². The summed E-state index contributed by atoms with van der Waals surface area (Å²) in [4.78, 5) is 23.3. The van der Waals surface area contributed by atoms with Crippen LogP contribution in [-0.2, 0) is 11.2 Å². The van der Waals surface area contributed by atoms with Gasteiger partial charge >= 0.3 is 0 Å². The molecule has 1 fully saturated rings. The third kappa shape index (κ3) is 4.75. The molecule has 0 spiro atoms. The quantitative estimate of drug-likeness (QED) is 0.792. The number of amides is 1. The number of likely N-dealkylation sites (N-methyl/N-ethyl adjacent to an activating group) is 1. The van der Waals surface area contributed by atoms with Crippen LogP contribution in [0.15, 0.2) is 41.3 Å². The van der Waals surface area contributed by atoms with Gasteiger partial charge in [0, 0.05) is 49.8 Å². The Balaban J connectivity index is 1.46. The van der Waals surface area contributed by atoms with E-state index in [1.165, 1.54) is 21.8 Å². The number of rotatable bonds is 6. The molecule has 6 heteroatoms. The summed E-state index contributed by atoms with van der Waals surface area (Å²) in [5, 5.41) is 3.10. The molecule has 29 heavy (non-hydrogen) atoms. The van der Waals surface area contributed by atoms with E-state index in [-0.39, 0.29) is 11.8 Å². The van der Waals surface area contributed by atoms with Gasteiger partial charge in [0.25, 0.3) is 0 Å². The highest BCUT2D eigenvalue weighted by molar-refractivity contribution is 7.99. The average molecular weight is 411 g/mol. The first-order valence-electron chi connectivity index (χ1n) is 10.5. The van der Waals surface area contributed by atoms with Gasteiger partial charge in [0.1, 0.15) is 0 Å². The summed E-state index contributed by atoms with van der Waals surface area (Å²) in [5.74, 6) is 1.45. The fourth-order valence-electron chi connectivity index (χ4n) is 4.07.